The fourth-order valence-electron chi connectivity index (χ4n) is 3.37. The Morgan fingerprint density at radius 1 is 1.00 bits per heavy atom. The van der Waals surface area contributed by atoms with Crippen LogP contribution in [0.15, 0.2) is 30.3 Å². The SMILES string of the molecule is CCN1C(=O)C(=O)N(CC(=O)c2cc(C)n(-c3ccc(OC)cc3)c2C)C1=O. The first kappa shape index (κ1) is 19.3. The van der Waals surface area contributed by atoms with E-state index in [2.05, 4.69) is 0 Å². The van der Waals surface area contributed by atoms with E-state index < -0.39 is 30.2 Å². The van der Waals surface area contributed by atoms with E-state index in [1.54, 1.807) is 27.0 Å². The summed E-state index contributed by atoms with van der Waals surface area (Å²) in [5.74, 6) is -1.55. The summed E-state index contributed by atoms with van der Waals surface area (Å²) in [5, 5.41) is 0. The molecule has 146 valence electrons. The van der Waals surface area contributed by atoms with Gasteiger partial charge in [0.05, 0.1) is 13.7 Å². The van der Waals surface area contributed by atoms with Crippen molar-refractivity contribution >= 4 is 23.6 Å². The Labute approximate surface area is 162 Å². The summed E-state index contributed by atoms with van der Waals surface area (Å²) in [7, 11) is 1.59. The zero-order valence-electron chi connectivity index (χ0n) is 16.2. The third-order valence-corrected chi connectivity index (χ3v) is 4.82. The molecule has 8 nitrogen and oxygen atoms in total. The standard InChI is InChI=1S/C20H21N3O5/c1-5-21-18(25)19(26)22(20(21)27)11-17(24)16-10-12(2)23(13(16)3)14-6-8-15(28-4)9-7-14/h6-10H,5,11H2,1-4H3. The van der Waals surface area contributed by atoms with Gasteiger partial charge in [-0.05, 0) is 51.1 Å². The van der Waals surface area contributed by atoms with Crippen LogP contribution in [0.4, 0.5) is 4.79 Å². The second-order valence-electron chi connectivity index (χ2n) is 6.46. The summed E-state index contributed by atoms with van der Waals surface area (Å²) in [6, 6.07) is 8.35. The van der Waals surface area contributed by atoms with Crippen LogP contribution in [0.1, 0.15) is 28.7 Å². The van der Waals surface area contributed by atoms with E-state index >= 15 is 0 Å². The third-order valence-electron chi connectivity index (χ3n) is 4.82. The van der Waals surface area contributed by atoms with Crippen molar-refractivity contribution in [1.82, 2.24) is 14.4 Å². The van der Waals surface area contributed by atoms with E-state index in [-0.39, 0.29) is 6.54 Å². The summed E-state index contributed by atoms with van der Waals surface area (Å²) >= 11 is 0. The smallest absolute Gasteiger partial charge is 0.334 e. The zero-order valence-corrected chi connectivity index (χ0v) is 16.2. The number of ether oxygens (including phenoxy) is 1. The van der Waals surface area contributed by atoms with Crippen LogP contribution in [0.5, 0.6) is 5.75 Å². The lowest BCUT2D eigenvalue weighted by molar-refractivity contribution is -0.143. The second-order valence-corrected chi connectivity index (χ2v) is 6.46. The van der Waals surface area contributed by atoms with Crippen LogP contribution in [-0.4, -0.2) is 58.2 Å². The van der Waals surface area contributed by atoms with Gasteiger partial charge in [-0.25, -0.2) is 9.69 Å². The number of imide groups is 2. The van der Waals surface area contributed by atoms with Gasteiger partial charge in [0.25, 0.3) is 0 Å². The fourth-order valence-corrected chi connectivity index (χ4v) is 3.37. The van der Waals surface area contributed by atoms with Crippen LogP contribution in [0.25, 0.3) is 5.69 Å². The number of carbonyl (C=O) groups is 4. The molecule has 1 aliphatic heterocycles. The van der Waals surface area contributed by atoms with E-state index in [4.69, 9.17) is 4.74 Å². The van der Waals surface area contributed by atoms with E-state index in [1.165, 1.54) is 0 Å². The van der Waals surface area contributed by atoms with Crippen LogP contribution in [0.3, 0.4) is 0 Å². The van der Waals surface area contributed by atoms with Crippen LogP contribution >= 0.6 is 0 Å². The number of amides is 4. The first-order valence-electron chi connectivity index (χ1n) is 8.84. The maximum atomic E-state index is 12.8. The van der Waals surface area contributed by atoms with Gasteiger partial charge in [-0.15, -0.1) is 0 Å². The van der Waals surface area contributed by atoms with Gasteiger partial charge in [-0.1, -0.05) is 0 Å². The van der Waals surface area contributed by atoms with Crippen molar-refractivity contribution in [3.05, 3.63) is 47.3 Å². The van der Waals surface area contributed by atoms with Crippen molar-refractivity contribution in [2.75, 3.05) is 20.2 Å². The summed E-state index contributed by atoms with van der Waals surface area (Å²) in [5.41, 5.74) is 2.77. The normalized spacial score (nSPS) is 14.2. The third kappa shape index (κ3) is 3.06. The Morgan fingerprint density at radius 2 is 1.61 bits per heavy atom. The highest BCUT2D eigenvalue weighted by Crippen LogP contribution is 2.24. The van der Waals surface area contributed by atoms with Gasteiger partial charge in [0.2, 0.25) is 0 Å². The minimum Gasteiger partial charge on any atom is -0.497 e. The average molecular weight is 383 g/mol. The molecule has 0 bridgehead atoms. The lowest BCUT2D eigenvalue weighted by Gasteiger charge is -2.14. The zero-order chi connectivity index (χ0) is 20.6. The van der Waals surface area contributed by atoms with Crippen molar-refractivity contribution in [2.45, 2.75) is 20.8 Å². The lowest BCUT2D eigenvalue weighted by atomic mass is 10.1. The number of aryl methyl sites for hydroxylation is 1. The van der Waals surface area contributed by atoms with E-state index in [0.29, 0.717) is 16.2 Å². The highest BCUT2D eigenvalue weighted by atomic mass is 16.5. The van der Waals surface area contributed by atoms with Crippen molar-refractivity contribution in [3.8, 4) is 11.4 Å². The highest BCUT2D eigenvalue weighted by Gasteiger charge is 2.44. The minimum absolute atomic E-state index is 0.0834. The van der Waals surface area contributed by atoms with Crippen LogP contribution < -0.4 is 4.74 Å². The van der Waals surface area contributed by atoms with Crippen molar-refractivity contribution in [1.29, 1.82) is 0 Å². The van der Waals surface area contributed by atoms with Crippen LogP contribution in [0, 0.1) is 13.8 Å². The molecule has 0 radical (unpaired) electrons. The Kier molecular flexibility index (Phi) is 5.04. The quantitative estimate of drug-likeness (QED) is 0.433. The number of benzene rings is 1. The molecule has 4 amide bonds. The molecule has 0 aliphatic carbocycles. The molecule has 2 aromatic rings. The number of methoxy groups -OCH3 is 1. The van der Waals surface area contributed by atoms with Gasteiger partial charge in [0.1, 0.15) is 5.75 Å². The van der Waals surface area contributed by atoms with Gasteiger partial charge >= 0.3 is 17.8 Å². The molecule has 8 heteroatoms. The van der Waals surface area contributed by atoms with Gasteiger partial charge in [-0.2, -0.15) is 0 Å². The van der Waals surface area contributed by atoms with Crippen LogP contribution in [0.2, 0.25) is 0 Å². The first-order chi connectivity index (χ1) is 13.3. The van der Waals surface area contributed by atoms with Crippen molar-refractivity contribution < 1.29 is 23.9 Å². The molecule has 0 N–H and O–H groups in total. The fraction of sp³-hybridized carbons (Fsp3) is 0.300. The Bertz CT molecular complexity index is 974. The largest absolute Gasteiger partial charge is 0.497 e. The number of rotatable bonds is 6. The molecule has 1 aromatic heterocycles. The predicted molar refractivity (Wildman–Crippen MR) is 101 cm³/mol. The molecule has 0 saturated carbocycles. The highest BCUT2D eigenvalue weighted by molar-refractivity contribution is 6.45. The van der Waals surface area contributed by atoms with Crippen molar-refractivity contribution in [3.63, 3.8) is 0 Å². The Hall–Kier alpha value is -3.42. The maximum absolute atomic E-state index is 12.8. The van der Waals surface area contributed by atoms with Gasteiger partial charge in [0.15, 0.2) is 5.78 Å². The number of urea groups is 1. The monoisotopic (exact) mass is 383 g/mol. The Balaban J connectivity index is 1.88. The molecule has 0 spiro atoms. The molecule has 1 aliphatic rings. The average Bonchev–Trinajstić information content (AvgIpc) is 3.09. The molecule has 0 unspecified atom stereocenters. The number of ketones is 1. The summed E-state index contributed by atoms with van der Waals surface area (Å²) < 4.78 is 7.07. The topological polar surface area (TPSA) is 88.9 Å². The lowest BCUT2D eigenvalue weighted by Crippen LogP contribution is -2.37. The molecule has 0 atom stereocenters. The van der Waals surface area contributed by atoms with Gasteiger partial charge in [0, 0.05) is 29.2 Å². The van der Waals surface area contributed by atoms with Crippen molar-refractivity contribution in [2.24, 2.45) is 0 Å². The molecule has 2 heterocycles. The molecule has 28 heavy (non-hydrogen) atoms. The number of hydrogen-bond acceptors (Lipinski definition) is 5. The van der Waals surface area contributed by atoms with Crippen LogP contribution in [-0.2, 0) is 9.59 Å². The summed E-state index contributed by atoms with van der Waals surface area (Å²) in [6.07, 6.45) is 0. The van der Waals surface area contributed by atoms with E-state index in [1.807, 2.05) is 35.8 Å². The second kappa shape index (κ2) is 7.30. The predicted octanol–water partition coefficient (Wildman–Crippen LogP) is 2.10. The Morgan fingerprint density at radius 3 is 2.14 bits per heavy atom. The number of nitrogens with zero attached hydrogens (tertiary/aromatic N) is 3. The summed E-state index contributed by atoms with van der Waals surface area (Å²) in [6.45, 7) is 4.87. The van der Waals surface area contributed by atoms with Gasteiger partial charge < -0.3 is 9.30 Å². The first-order valence-corrected chi connectivity index (χ1v) is 8.84. The molecular formula is C20H21N3O5. The molecule has 1 saturated heterocycles. The minimum atomic E-state index is -0.968. The number of carbonyl (C=O) groups excluding carboxylic acids is 4. The molecular weight excluding hydrogens is 362 g/mol. The number of hydrogen-bond donors (Lipinski definition) is 0. The molecule has 3 rings (SSSR count). The molecule has 1 fully saturated rings. The van der Waals surface area contributed by atoms with Gasteiger partial charge in [-0.3, -0.25) is 19.3 Å². The molecule has 1 aromatic carbocycles. The number of Topliss-reactive ketones (excluding diaryl/α,β-unsaturated/α-hetero) is 1. The number of aromatic nitrogens is 1. The maximum Gasteiger partial charge on any atom is 0.334 e. The number of likely N-dealkylation sites (N-methyl/N-ethyl adjacent to an activating group) is 1. The summed E-state index contributed by atoms with van der Waals surface area (Å²) in [4.78, 5) is 50.4. The van der Waals surface area contributed by atoms with E-state index in [9.17, 15) is 19.2 Å². The van der Waals surface area contributed by atoms with E-state index in [0.717, 1.165) is 22.0 Å².